The minimum Gasteiger partial charge on any atom is -0.361 e. The van der Waals surface area contributed by atoms with Gasteiger partial charge in [-0.05, 0) is 36.4 Å². The largest absolute Gasteiger partial charge is 0.361 e. The van der Waals surface area contributed by atoms with Gasteiger partial charge in [0.15, 0.2) is 5.43 Å². The number of nitrogens with zero attached hydrogens (tertiary/aromatic N) is 2. The number of hydrogen-bond donors (Lipinski definition) is 3. The lowest BCUT2D eigenvalue weighted by Crippen LogP contribution is -2.22. The summed E-state index contributed by atoms with van der Waals surface area (Å²) in [5.74, 6) is 0.915. The molecule has 0 saturated carbocycles. The number of carbonyl (C=O) groups is 1. The first-order chi connectivity index (χ1) is 17.2. The number of hydrogen-bond acceptors (Lipinski definition) is 5. The molecular weight excluding hydrogens is 438 g/mol. The van der Waals surface area contributed by atoms with Gasteiger partial charge in [0.2, 0.25) is 5.91 Å². The normalized spacial score (nSPS) is 10.6. The molecule has 0 saturated heterocycles. The zero-order valence-corrected chi connectivity index (χ0v) is 18.8. The zero-order valence-electron chi connectivity index (χ0n) is 18.8. The fourth-order valence-corrected chi connectivity index (χ4v) is 3.83. The molecule has 5 rings (SSSR count). The number of benzene rings is 3. The Hall–Kier alpha value is -4.91. The molecule has 35 heavy (non-hydrogen) atoms. The number of rotatable bonds is 7. The molecule has 0 atom stereocenters. The molecule has 3 aromatic carbocycles. The van der Waals surface area contributed by atoms with Crippen molar-refractivity contribution in [3.63, 3.8) is 0 Å². The predicted octanol–water partition coefficient (Wildman–Crippen LogP) is 5.18. The average molecular weight is 462 g/mol. The summed E-state index contributed by atoms with van der Waals surface area (Å²) in [7, 11) is 0. The van der Waals surface area contributed by atoms with Crippen LogP contribution in [0.15, 0.2) is 114 Å². The van der Waals surface area contributed by atoms with Crippen LogP contribution in [0, 0.1) is 0 Å². The first kappa shape index (κ1) is 21.9. The Balaban J connectivity index is 1.51. The Morgan fingerprint density at radius 1 is 0.800 bits per heavy atom. The van der Waals surface area contributed by atoms with Gasteiger partial charge in [-0.3, -0.25) is 14.2 Å². The second-order valence-corrected chi connectivity index (χ2v) is 7.91. The SMILES string of the molecule is O=C(CNc1cc2c(cn1)c(=O)cc(Nc1ccccc1)n2-c1ccccc1)Nc1ccccc1. The molecular formula is C28H23N5O2. The van der Waals surface area contributed by atoms with E-state index >= 15 is 0 Å². The zero-order chi connectivity index (χ0) is 24.0. The number of fused-ring (bicyclic) bond motifs is 1. The van der Waals surface area contributed by atoms with Crippen molar-refractivity contribution < 1.29 is 4.79 Å². The quantitative estimate of drug-likeness (QED) is 0.311. The molecule has 0 fully saturated rings. The van der Waals surface area contributed by atoms with Gasteiger partial charge in [0.1, 0.15) is 11.6 Å². The van der Waals surface area contributed by atoms with Crippen LogP contribution < -0.4 is 21.4 Å². The van der Waals surface area contributed by atoms with Gasteiger partial charge >= 0.3 is 0 Å². The van der Waals surface area contributed by atoms with Crippen molar-refractivity contribution >= 4 is 39.8 Å². The highest BCUT2D eigenvalue weighted by Gasteiger charge is 2.13. The summed E-state index contributed by atoms with van der Waals surface area (Å²) < 4.78 is 1.97. The van der Waals surface area contributed by atoms with Gasteiger partial charge < -0.3 is 16.0 Å². The van der Waals surface area contributed by atoms with E-state index in [1.165, 1.54) is 0 Å². The number of nitrogens with one attached hydrogen (secondary N) is 3. The van der Waals surface area contributed by atoms with Crippen molar-refractivity contribution in [2.45, 2.75) is 0 Å². The highest BCUT2D eigenvalue weighted by molar-refractivity contribution is 5.94. The third kappa shape index (κ3) is 5.04. The van der Waals surface area contributed by atoms with E-state index in [0.29, 0.717) is 22.5 Å². The second kappa shape index (κ2) is 9.93. The molecule has 2 aromatic heterocycles. The molecule has 172 valence electrons. The van der Waals surface area contributed by atoms with E-state index in [0.717, 1.165) is 17.1 Å². The third-order valence-electron chi connectivity index (χ3n) is 5.45. The van der Waals surface area contributed by atoms with Gasteiger partial charge in [-0.1, -0.05) is 54.6 Å². The summed E-state index contributed by atoms with van der Waals surface area (Å²) >= 11 is 0. The molecule has 0 bridgehead atoms. The van der Waals surface area contributed by atoms with E-state index < -0.39 is 0 Å². The summed E-state index contributed by atoms with van der Waals surface area (Å²) in [5.41, 5.74) is 2.99. The van der Waals surface area contributed by atoms with Crippen LogP contribution in [0.5, 0.6) is 0 Å². The van der Waals surface area contributed by atoms with E-state index in [2.05, 4.69) is 20.9 Å². The number of aromatic nitrogens is 2. The fraction of sp³-hybridized carbons (Fsp3) is 0.0357. The van der Waals surface area contributed by atoms with Crippen molar-refractivity contribution in [3.05, 3.63) is 120 Å². The van der Waals surface area contributed by atoms with Crippen molar-refractivity contribution in [1.29, 1.82) is 0 Å². The molecule has 0 radical (unpaired) electrons. The van der Waals surface area contributed by atoms with Gasteiger partial charge in [0, 0.05) is 35.4 Å². The number of carbonyl (C=O) groups excluding carboxylic acids is 1. The van der Waals surface area contributed by atoms with E-state index in [1.807, 2.05) is 95.6 Å². The first-order valence-electron chi connectivity index (χ1n) is 11.2. The predicted molar refractivity (Wildman–Crippen MR) is 141 cm³/mol. The van der Waals surface area contributed by atoms with E-state index in [4.69, 9.17) is 0 Å². The van der Waals surface area contributed by atoms with Gasteiger partial charge in [-0.25, -0.2) is 4.98 Å². The molecule has 0 unspecified atom stereocenters. The van der Waals surface area contributed by atoms with Crippen LogP contribution in [-0.2, 0) is 4.79 Å². The maximum Gasteiger partial charge on any atom is 0.243 e. The van der Waals surface area contributed by atoms with Crippen LogP contribution in [0.1, 0.15) is 0 Å². The van der Waals surface area contributed by atoms with Crippen molar-refractivity contribution in [2.75, 3.05) is 22.5 Å². The molecule has 5 aromatic rings. The van der Waals surface area contributed by atoms with Gasteiger partial charge in [0.25, 0.3) is 0 Å². The summed E-state index contributed by atoms with van der Waals surface area (Å²) in [6.07, 6.45) is 1.54. The first-order valence-corrected chi connectivity index (χ1v) is 11.2. The third-order valence-corrected chi connectivity index (χ3v) is 5.45. The Labute approximate surface area is 202 Å². The van der Waals surface area contributed by atoms with Crippen LogP contribution in [0.3, 0.4) is 0 Å². The lowest BCUT2D eigenvalue weighted by molar-refractivity contribution is -0.114. The van der Waals surface area contributed by atoms with E-state index in [1.54, 1.807) is 18.3 Å². The monoisotopic (exact) mass is 461 g/mol. The molecule has 3 N–H and O–H groups in total. The fourth-order valence-electron chi connectivity index (χ4n) is 3.83. The molecule has 0 aliphatic heterocycles. The van der Waals surface area contributed by atoms with Crippen LogP contribution in [-0.4, -0.2) is 22.0 Å². The molecule has 0 spiro atoms. The standard InChI is InChI=1S/C28H23N5O2/c34-25-17-27(31-20-10-4-1-5-11-20)33(22-14-8-3-9-15-22)24-16-26(29-18-23(24)25)30-19-28(35)32-21-12-6-2-7-13-21/h1-18,31H,19H2,(H,29,30)(H,32,35). The average Bonchev–Trinajstić information content (AvgIpc) is 2.89. The molecule has 1 amide bonds. The minimum atomic E-state index is -0.196. The van der Waals surface area contributed by atoms with Crippen LogP contribution in [0.25, 0.3) is 16.6 Å². The number of para-hydroxylation sites is 3. The smallest absolute Gasteiger partial charge is 0.243 e. The van der Waals surface area contributed by atoms with Crippen LogP contribution in [0.2, 0.25) is 0 Å². The number of anilines is 4. The number of pyridine rings is 2. The van der Waals surface area contributed by atoms with Gasteiger partial charge in [-0.15, -0.1) is 0 Å². The summed E-state index contributed by atoms with van der Waals surface area (Å²) in [6, 6.07) is 32.1. The Kier molecular flexibility index (Phi) is 6.21. The van der Waals surface area contributed by atoms with Gasteiger partial charge in [0.05, 0.1) is 17.4 Å². The van der Waals surface area contributed by atoms with Crippen molar-refractivity contribution in [1.82, 2.24) is 9.55 Å². The lowest BCUT2D eigenvalue weighted by Gasteiger charge is -2.19. The number of amides is 1. The maximum atomic E-state index is 13.0. The highest BCUT2D eigenvalue weighted by Crippen LogP contribution is 2.26. The Bertz CT molecular complexity index is 1520. The van der Waals surface area contributed by atoms with Crippen LogP contribution in [0.4, 0.5) is 23.0 Å². The summed E-state index contributed by atoms with van der Waals surface area (Å²) in [5, 5.41) is 9.74. The van der Waals surface area contributed by atoms with Gasteiger partial charge in [-0.2, -0.15) is 0 Å². The molecule has 0 aliphatic carbocycles. The Morgan fingerprint density at radius 3 is 2.11 bits per heavy atom. The maximum absolute atomic E-state index is 13.0. The molecule has 2 heterocycles. The van der Waals surface area contributed by atoms with E-state index in [-0.39, 0.29) is 17.9 Å². The molecule has 7 heteroatoms. The van der Waals surface area contributed by atoms with Crippen molar-refractivity contribution in [3.8, 4) is 5.69 Å². The summed E-state index contributed by atoms with van der Waals surface area (Å²) in [4.78, 5) is 29.7. The van der Waals surface area contributed by atoms with Crippen LogP contribution >= 0.6 is 0 Å². The summed E-state index contributed by atoms with van der Waals surface area (Å²) in [6.45, 7) is 0.0327. The lowest BCUT2D eigenvalue weighted by atomic mass is 10.2. The second-order valence-electron chi connectivity index (χ2n) is 7.91. The highest BCUT2D eigenvalue weighted by atomic mass is 16.2. The molecule has 0 aliphatic rings. The Morgan fingerprint density at radius 2 is 1.43 bits per heavy atom. The topological polar surface area (TPSA) is 88.1 Å². The van der Waals surface area contributed by atoms with E-state index in [9.17, 15) is 9.59 Å². The minimum absolute atomic E-state index is 0.0327. The molecule has 7 nitrogen and oxygen atoms in total. The van der Waals surface area contributed by atoms with Crippen molar-refractivity contribution in [2.24, 2.45) is 0 Å².